The third-order valence-electron chi connectivity index (χ3n) is 3.78. The van der Waals surface area contributed by atoms with E-state index in [1.807, 2.05) is 6.07 Å². The molecule has 2 aliphatic rings. The largest absolute Gasteiger partial charge is 0.396 e. The maximum atomic E-state index is 13.2. The molecule has 1 atom stereocenters. The third kappa shape index (κ3) is 4.08. The summed E-state index contributed by atoms with van der Waals surface area (Å²) >= 11 is 0. The minimum atomic E-state index is -0.353. The van der Waals surface area contributed by atoms with E-state index >= 15 is 0 Å². The molecule has 0 spiro atoms. The van der Waals surface area contributed by atoms with Crippen LogP contribution in [0.3, 0.4) is 0 Å². The van der Waals surface area contributed by atoms with E-state index in [1.165, 1.54) is 32.0 Å². The molecule has 4 nitrogen and oxygen atoms in total. The summed E-state index contributed by atoms with van der Waals surface area (Å²) < 4.78 is 18.5. The quantitative estimate of drug-likeness (QED) is 0.814. The lowest BCUT2D eigenvalue weighted by Gasteiger charge is -2.18. The summed E-state index contributed by atoms with van der Waals surface area (Å²) in [5.74, 6) is -0.353. The lowest BCUT2D eigenvalue weighted by atomic mass is 10.2. The van der Waals surface area contributed by atoms with E-state index in [4.69, 9.17) is 10.5 Å². The van der Waals surface area contributed by atoms with Gasteiger partial charge in [0.15, 0.2) is 0 Å². The predicted octanol–water partition coefficient (Wildman–Crippen LogP) is 2.00. The molecule has 1 aromatic rings. The molecule has 20 heavy (non-hydrogen) atoms. The van der Waals surface area contributed by atoms with Crippen molar-refractivity contribution in [1.82, 2.24) is 5.32 Å². The zero-order valence-corrected chi connectivity index (χ0v) is 12.1. The molecule has 0 saturated carbocycles. The first kappa shape index (κ1) is 15.1. The molecular formula is C15H24FN3O. The van der Waals surface area contributed by atoms with Crippen molar-refractivity contribution in [2.24, 2.45) is 0 Å². The Kier molecular flexibility index (Phi) is 5.61. The molecule has 0 aromatic heterocycles. The Hall–Kier alpha value is -1.33. The number of ether oxygens (including phenoxy) is 1. The van der Waals surface area contributed by atoms with Gasteiger partial charge in [-0.3, -0.25) is 0 Å². The molecule has 0 amide bonds. The van der Waals surface area contributed by atoms with Gasteiger partial charge in [-0.2, -0.15) is 0 Å². The number of methoxy groups -OCH3 is 1. The van der Waals surface area contributed by atoms with E-state index in [0.29, 0.717) is 0 Å². The van der Waals surface area contributed by atoms with Crippen LogP contribution in [-0.4, -0.2) is 39.4 Å². The van der Waals surface area contributed by atoms with Crippen molar-refractivity contribution in [3.8, 4) is 0 Å². The highest BCUT2D eigenvalue weighted by molar-refractivity contribution is 5.54. The Morgan fingerprint density at radius 2 is 2.10 bits per heavy atom. The van der Waals surface area contributed by atoms with Gasteiger partial charge >= 0.3 is 0 Å². The van der Waals surface area contributed by atoms with Gasteiger partial charge in [0.2, 0.25) is 0 Å². The van der Waals surface area contributed by atoms with E-state index in [9.17, 15) is 4.39 Å². The van der Waals surface area contributed by atoms with Gasteiger partial charge < -0.3 is 20.7 Å². The Morgan fingerprint density at radius 3 is 2.60 bits per heavy atom. The molecule has 3 rings (SSSR count). The lowest BCUT2D eigenvalue weighted by Crippen LogP contribution is -2.22. The summed E-state index contributed by atoms with van der Waals surface area (Å²) in [7, 11) is 1.71. The highest BCUT2D eigenvalue weighted by Gasteiger charge is 2.22. The second-order valence-corrected chi connectivity index (χ2v) is 5.26. The van der Waals surface area contributed by atoms with E-state index in [1.54, 1.807) is 13.2 Å². The van der Waals surface area contributed by atoms with Gasteiger partial charge in [-0.15, -0.1) is 0 Å². The maximum absolute atomic E-state index is 13.2. The first-order valence-electron chi connectivity index (χ1n) is 7.24. The Morgan fingerprint density at radius 1 is 1.35 bits per heavy atom. The molecular weight excluding hydrogens is 257 g/mol. The molecule has 1 aromatic carbocycles. The van der Waals surface area contributed by atoms with Crippen LogP contribution in [0, 0.1) is 5.82 Å². The zero-order chi connectivity index (χ0) is 14.4. The van der Waals surface area contributed by atoms with Crippen molar-refractivity contribution in [2.75, 3.05) is 43.9 Å². The van der Waals surface area contributed by atoms with Crippen LogP contribution in [-0.2, 0) is 4.74 Å². The molecule has 0 radical (unpaired) electrons. The van der Waals surface area contributed by atoms with Gasteiger partial charge in [-0.1, -0.05) is 0 Å². The Balaban J connectivity index is 0.000000247. The first-order valence-corrected chi connectivity index (χ1v) is 7.24. The molecule has 0 aliphatic carbocycles. The maximum Gasteiger partial charge on any atom is 0.148 e. The fraction of sp³-hybridized carbons (Fsp3) is 0.600. The van der Waals surface area contributed by atoms with Gasteiger partial charge in [0.1, 0.15) is 5.82 Å². The zero-order valence-electron chi connectivity index (χ0n) is 12.1. The molecule has 5 heteroatoms. The number of nitrogens with two attached hydrogens (primary N) is 1. The molecule has 2 aliphatic heterocycles. The predicted molar refractivity (Wildman–Crippen MR) is 80.5 cm³/mol. The summed E-state index contributed by atoms with van der Waals surface area (Å²) in [5.41, 5.74) is 6.49. The molecule has 2 heterocycles. The normalized spacial score (nSPS) is 21.7. The van der Waals surface area contributed by atoms with Gasteiger partial charge in [-0.25, -0.2) is 4.39 Å². The standard InChI is InChI=1S/C11H15FN2O.C4H9N/c1-15-9-4-5-14(7-9)8-2-3-11(13)10(12)6-8;1-2-4-5-3-1/h2-3,6,9H,4-5,7,13H2,1H3;5H,1-4H2/t9-;/m1./s1. The lowest BCUT2D eigenvalue weighted by molar-refractivity contribution is 0.121. The highest BCUT2D eigenvalue weighted by atomic mass is 19.1. The van der Waals surface area contributed by atoms with Crippen LogP contribution in [0.5, 0.6) is 0 Å². The van der Waals surface area contributed by atoms with Crippen LogP contribution >= 0.6 is 0 Å². The SMILES string of the molecule is C1CCNC1.CO[C@@H]1CCN(c2ccc(N)c(F)c2)C1. The van der Waals surface area contributed by atoms with Crippen molar-refractivity contribution >= 4 is 11.4 Å². The number of nitrogens with one attached hydrogen (secondary N) is 1. The summed E-state index contributed by atoms with van der Waals surface area (Å²) in [6, 6.07) is 4.93. The molecule has 0 bridgehead atoms. The van der Waals surface area contributed by atoms with E-state index in [-0.39, 0.29) is 17.6 Å². The molecule has 2 saturated heterocycles. The average Bonchev–Trinajstić information content (AvgIpc) is 3.15. The van der Waals surface area contributed by atoms with Crippen molar-refractivity contribution in [3.05, 3.63) is 24.0 Å². The summed E-state index contributed by atoms with van der Waals surface area (Å²) in [4.78, 5) is 2.11. The van der Waals surface area contributed by atoms with Crippen LogP contribution in [0.1, 0.15) is 19.3 Å². The fourth-order valence-corrected chi connectivity index (χ4v) is 2.49. The smallest absolute Gasteiger partial charge is 0.148 e. The number of nitrogen functional groups attached to an aromatic ring is 1. The molecule has 0 unspecified atom stereocenters. The number of nitrogens with zero attached hydrogens (tertiary/aromatic N) is 1. The van der Waals surface area contributed by atoms with Gasteiger partial charge in [0.25, 0.3) is 0 Å². The van der Waals surface area contributed by atoms with Gasteiger partial charge in [0, 0.05) is 25.9 Å². The second-order valence-electron chi connectivity index (χ2n) is 5.26. The van der Waals surface area contributed by atoms with Gasteiger partial charge in [-0.05, 0) is 50.6 Å². The van der Waals surface area contributed by atoms with E-state index in [0.717, 1.165) is 25.2 Å². The average molecular weight is 281 g/mol. The minimum Gasteiger partial charge on any atom is -0.396 e. The summed E-state index contributed by atoms with van der Waals surface area (Å²) in [5, 5.41) is 3.22. The second kappa shape index (κ2) is 7.45. The molecule has 2 fully saturated rings. The first-order chi connectivity index (χ1) is 9.70. The highest BCUT2D eigenvalue weighted by Crippen LogP contribution is 2.24. The molecule has 3 N–H and O–H groups in total. The number of benzene rings is 1. The number of rotatable bonds is 2. The van der Waals surface area contributed by atoms with Crippen molar-refractivity contribution in [2.45, 2.75) is 25.4 Å². The minimum absolute atomic E-state index is 0.196. The topological polar surface area (TPSA) is 50.5 Å². The van der Waals surface area contributed by atoms with Gasteiger partial charge in [0.05, 0.1) is 11.8 Å². The number of halogens is 1. The van der Waals surface area contributed by atoms with Crippen molar-refractivity contribution in [1.29, 1.82) is 0 Å². The third-order valence-corrected chi connectivity index (χ3v) is 3.78. The monoisotopic (exact) mass is 281 g/mol. The van der Waals surface area contributed by atoms with Crippen LogP contribution in [0.2, 0.25) is 0 Å². The Labute approximate surface area is 120 Å². The van der Waals surface area contributed by atoms with Crippen LogP contribution in [0.15, 0.2) is 18.2 Å². The fourth-order valence-electron chi connectivity index (χ4n) is 2.49. The number of anilines is 2. The summed E-state index contributed by atoms with van der Waals surface area (Å²) in [6.45, 7) is 4.22. The van der Waals surface area contributed by atoms with Crippen molar-refractivity contribution < 1.29 is 9.13 Å². The Bertz CT molecular complexity index is 416. The van der Waals surface area contributed by atoms with Crippen LogP contribution in [0.25, 0.3) is 0 Å². The number of hydrogen-bond donors (Lipinski definition) is 2. The van der Waals surface area contributed by atoms with Crippen LogP contribution < -0.4 is 16.0 Å². The van der Waals surface area contributed by atoms with E-state index < -0.39 is 0 Å². The van der Waals surface area contributed by atoms with E-state index in [2.05, 4.69) is 10.2 Å². The molecule has 112 valence electrons. The number of hydrogen-bond acceptors (Lipinski definition) is 4. The van der Waals surface area contributed by atoms with Crippen molar-refractivity contribution in [3.63, 3.8) is 0 Å². The van der Waals surface area contributed by atoms with Crippen LogP contribution in [0.4, 0.5) is 15.8 Å². The summed E-state index contributed by atoms with van der Waals surface area (Å²) in [6.07, 6.45) is 4.02.